The summed E-state index contributed by atoms with van der Waals surface area (Å²) in [6.07, 6.45) is 18.1. The highest BCUT2D eigenvalue weighted by molar-refractivity contribution is 5.66. The van der Waals surface area contributed by atoms with Crippen molar-refractivity contribution in [3.05, 3.63) is 58.2 Å². The van der Waals surface area contributed by atoms with Crippen LogP contribution in [-0.2, 0) is 24.1 Å². The maximum absolute atomic E-state index is 11.4. The summed E-state index contributed by atoms with van der Waals surface area (Å²) in [6, 6.07) is 6.71. The molecule has 0 amide bonds. The van der Waals surface area contributed by atoms with Crippen LogP contribution in [0.25, 0.3) is 0 Å². The van der Waals surface area contributed by atoms with Gasteiger partial charge < -0.3 is 20.4 Å². The van der Waals surface area contributed by atoms with Gasteiger partial charge in [-0.25, -0.2) is 0 Å². The van der Waals surface area contributed by atoms with E-state index in [4.69, 9.17) is 0 Å². The van der Waals surface area contributed by atoms with Crippen molar-refractivity contribution in [2.24, 2.45) is 17.8 Å². The fraction of sp³-hybridized carbons (Fsp3) is 0.711. The summed E-state index contributed by atoms with van der Waals surface area (Å²) in [5, 5.41) is 40.5. The predicted molar refractivity (Wildman–Crippen MR) is 178 cm³/mol. The van der Waals surface area contributed by atoms with Gasteiger partial charge in [-0.2, -0.15) is 0 Å². The van der Waals surface area contributed by atoms with Crippen molar-refractivity contribution in [3.63, 3.8) is 0 Å². The smallest absolute Gasteiger partial charge is 0.303 e. The van der Waals surface area contributed by atoms with Crippen LogP contribution in [0.1, 0.15) is 134 Å². The summed E-state index contributed by atoms with van der Waals surface area (Å²) in [5.74, 6) is 0.695. The molecular formula is C38H62O5. The lowest BCUT2D eigenvalue weighted by molar-refractivity contribution is -0.137. The molecule has 0 aromatic heterocycles. The van der Waals surface area contributed by atoms with Crippen LogP contribution in [0.5, 0.6) is 0 Å². The Hall–Kier alpha value is -1.95. The van der Waals surface area contributed by atoms with E-state index in [2.05, 4.69) is 52.0 Å². The summed E-state index contributed by atoms with van der Waals surface area (Å²) in [7, 11) is 0. The van der Waals surface area contributed by atoms with E-state index in [1.807, 2.05) is 6.08 Å². The van der Waals surface area contributed by atoms with E-state index < -0.39 is 18.2 Å². The molecule has 1 aromatic carbocycles. The number of carboxylic acid groups (broad SMARTS) is 1. The molecule has 4 N–H and O–H groups in total. The molecule has 1 aromatic rings. The molecule has 2 rings (SSSR count). The number of allylic oxidation sites excluding steroid dienone is 2. The standard InChI is InChI=1S/C38H62O5/c1-5-7-8-12-35(40)22-21-32-19-20-33-11-9-10-31(6-2)37(33)23-17-30(25-34(32)26-36(41)27-39)16-15-29(14-13-28(3)4)18-24-38(42)43/h9-11,21-22,28-30,35-36,39-41H,5-8,12-20,23-27H2,1-4H3,(H,42,43)/b22-21+,34-32-/t29-,30+,35-,36-/m0/s1. The first-order chi connectivity index (χ1) is 20.7. The molecular weight excluding hydrogens is 536 g/mol. The average Bonchev–Trinajstić information content (AvgIpc) is 2.98. The van der Waals surface area contributed by atoms with Crippen molar-refractivity contribution < 1.29 is 25.2 Å². The Balaban J connectivity index is 2.43. The Morgan fingerprint density at radius 3 is 2.47 bits per heavy atom. The Morgan fingerprint density at radius 2 is 1.79 bits per heavy atom. The number of aryl methyl sites for hydroxylation is 2. The summed E-state index contributed by atoms with van der Waals surface area (Å²) in [6.45, 7) is 8.61. The molecule has 0 aliphatic heterocycles. The summed E-state index contributed by atoms with van der Waals surface area (Å²) < 4.78 is 0. The molecule has 0 fully saturated rings. The highest BCUT2D eigenvalue weighted by Crippen LogP contribution is 2.35. The molecule has 0 spiro atoms. The largest absolute Gasteiger partial charge is 0.481 e. The van der Waals surface area contributed by atoms with E-state index in [-0.39, 0.29) is 13.0 Å². The normalized spacial score (nSPS) is 20.2. The third kappa shape index (κ3) is 14.6. The lowest BCUT2D eigenvalue weighted by atomic mass is 9.79. The zero-order valence-corrected chi connectivity index (χ0v) is 27.7. The predicted octanol–water partition coefficient (Wildman–Crippen LogP) is 8.37. The van der Waals surface area contributed by atoms with Gasteiger partial charge in [-0.05, 0) is 104 Å². The van der Waals surface area contributed by atoms with E-state index in [0.717, 1.165) is 96.3 Å². The summed E-state index contributed by atoms with van der Waals surface area (Å²) in [5.41, 5.74) is 6.69. The van der Waals surface area contributed by atoms with E-state index >= 15 is 0 Å². The molecule has 1 aliphatic carbocycles. The summed E-state index contributed by atoms with van der Waals surface area (Å²) in [4.78, 5) is 11.4. The minimum atomic E-state index is -0.801. The van der Waals surface area contributed by atoms with Crippen molar-refractivity contribution in [3.8, 4) is 0 Å². The van der Waals surface area contributed by atoms with Gasteiger partial charge in [-0.3, -0.25) is 4.79 Å². The first kappa shape index (κ1) is 37.2. The molecule has 5 heteroatoms. The third-order valence-corrected chi connectivity index (χ3v) is 9.42. The number of benzene rings is 1. The van der Waals surface area contributed by atoms with Crippen LogP contribution in [0, 0.1) is 17.8 Å². The van der Waals surface area contributed by atoms with Gasteiger partial charge in [0.05, 0.1) is 18.8 Å². The Morgan fingerprint density at radius 1 is 1.00 bits per heavy atom. The van der Waals surface area contributed by atoms with Gasteiger partial charge in [-0.15, -0.1) is 0 Å². The van der Waals surface area contributed by atoms with Crippen LogP contribution in [0.4, 0.5) is 0 Å². The third-order valence-electron chi connectivity index (χ3n) is 9.42. The molecule has 43 heavy (non-hydrogen) atoms. The van der Waals surface area contributed by atoms with E-state index in [0.29, 0.717) is 24.2 Å². The summed E-state index contributed by atoms with van der Waals surface area (Å²) >= 11 is 0. The van der Waals surface area contributed by atoms with Crippen LogP contribution in [-0.4, -0.2) is 45.2 Å². The lowest BCUT2D eigenvalue weighted by Crippen LogP contribution is -2.17. The molecule has 0 radical (unpaired) electrons. The highest BCUT2D eigenvalue weighted by Gasteiger charge is 2.22. The highest BCUT2D eigenvalue weighted by atomic mass is 16.4. The first-order valence-electron chi connectivity index (χ1n) is 17.3. The van der Waals surface area contributed by atoms with Crippen molar-refractivity contribution in [1.29, 1.82) is 0 Å². The minimum Gasteiger partial charge on any atom is -0.481 e. The van der Waals surface area contributed by atoms with Crippen molar-refractivity contribution >= 4 is 5.97 Å². The van der Waals surface area contributed by atoms with Gasteiger partial charge in [0.25, 0.3) is 0 Å². The van der Waals surface area contributed by atoms with Gasteiger partial charge in [0, 0.05) is 6.42 Å². The second-order valence-corrected chi connectivity index (χ2v) is 13.5. The van der Waals surface area contributed by atoms with Crippen molar-refractivity contribution in [1.82, 2.24) is 0 Å². The molecule has 4 atom stereocenters. The van der Waals surface area contributed by atoms with Crippen LogP contribution in [0.15, 0.2) is 41.5 Å². The van der Waals surface area contributed by atoms with Crippen LogP contribution >= 0.6 is 0 Å². The maximum atomic E-state index is 11.4. The van der Waals surface area contributed by atoms with Crippen molar-refractivity contribution in [2.75, 3.05) is 6.61 Å². The molecule has 244 valence electrons. The molecule has 0 heterocycles. The molecule has 0 unspecified atom stereocenters. The number of aliphatic hydroxyl groups excluding tert-OH is 3. The number of aliphatic carboxylic acids is 1. The number of unbranched alkanes of at least 4 members (excludes halogenated alkanes) is 2. The number of rotatable bonds is 19. The number of hydrogen-bond acceptors (Lipinski definition) is 4. The Bertz CT molecular complexity index is 994. The monoisotopic (exact) mass is 598 g/mol. The number of fused-ring (bicyclic) bond motifs is 1. The van der Waals surface area contributed by atoms with E-state index in [9.17, 15) is 25.2 Å². The van der Waals surface area contributed by atoms with Gasteiger partial charge in [-0.1, -0.05) is 102 Å². The average molecular weight is 599 g/mol. The molecule has 5 nitrogen and oxygen atoms in total. The fourth-order valence-electron chi connectivity index (χ4n) is 6.69. The molecule has 0 saturated carbocycles. The Kier molecular flexibility index (Phi) is 18.1. The molecule has 1 aliphatic rings. The van der Waals surface area contributed by atoms with E-state index in [1.54, 1.807) is 0 Å². The number of carboxylic acids is 1. The second-order valence-electron chi connectivity index (χ2n) is 13.5. The zero-order valence-electron chi connectivity index (χ0n) is 27.7. The topological polar surface area (TPSA) is 98.0 Å². The van der Waals surface area contributed by atoms with Crippen molar-refractivity contribution in [2.45, 2.75) is 149 Å². The van der Waals surface area contributed by atoms with Crippen LogP contribution in [0.2, 0.25) is 0 Å². The van der Waals surface area contributed by atoms with Gasteiger partial charge in [0.15, 0.2) is 0 Å². The number of carbonyl (C=O) groups is 1. The maximum Gasteiger partial charge on any atom is 0.303 e. The van der Waals surface area contributed by atoms with Crippen LogP contribution in [0.3, 0.4) is 0 Å². The zero-order chi connectivity index (χ0) is 31.6. The number of hydrogen-bond donors (Lipinski definition) is 4. The SMILES string of the molecule is CCCCC[C@H](O)/C=C/C1=C(\C[C@H](O)CO)C[C@H](CC[C@@H](CCC(=O)O)CCC(C)C)CCc2c(CC)cccc2CC1. The minimum absolute atomic E-state index is 0.226. The molecule has 0 saturated heterocycles. The second kappa shape index (κ2) is 20.9. The van der Waals surface area contributed by atoms with Gasteiger partial charge in [0.1, 0.15) is 0 Å². The molecule has 0 bridgehead atoms. The van der Waals surface area contributed by atoms with Gasteiger partial charge in [0.2, 0.25) is 0 Å². The first-order valence-corrected chi connectivity index (χ1v) is 17.3. The van der Waals surface area contributed by atoms with Gasteiger partial charge >= 0.3 is 5.97 Å². The Labute approximate surface area is 262 Å². The lowest BCUT2D eigenvalue weighted by Gasteiger charge is -2.27. The van der Waals surface area contributed by atoms with E-state index in [1.165, 1.54) is 27.8 Å². The fourth-order valence-corrected chi connectivity index (χ4v) is 6.69. The number of aliphatic hydroxyl groups is 3. The van der Waals surface area contributed by atoms with Crippen LogP contribution < -0.4 is 0 Å². The quantitative estimate of drug-likeness (QED) is 0.120.